The van der Waals surface area contributed by atoms with Gasteiger partial charge in [0.2, 0.25) is 0 Å². The quantitative estimate of drug-likeness (QED) is 0.689. The van der Waals surface area contributed by atoms with E-state index in [0.29, 0.717) is 6.61 Å². The van der Waals surface area contributed by atoms with E-state index in [4.69, 9.17) is 9.47 Å². The maximum Gasteiger partial charge on any atom is 0.195 e. The third-order valence-electron chi connectivity index (χ3n) is 3.32. The molecule has 112 valence electrons. The molecule has 0 aliphatic carbocycles. The molecule has 0 spiro atoms. The highest BCUT2D eigenvalue weighted by Gasteiger charge is 2.29. The molecule has 2 aromatic rings. The van der Waals surface area contributed by atoms with E-state index in [1.165, 1.54) is 0 Å². The largest absolute Gasteiger partial charge is 0.343 e. The zero-order valence-corrected chi connectivity index (χ0v) is 12.5. The third kappa shape index (κ3) is 4.66. The van der Waals surface area contributed by atoms with Crippen LogP contribution in [0, 0.1) is 0 Å². The molecule has 0 N–H and O–H groups in total. The lowest BCUT2D eigenvalue weighted by Gasteiger charge is -2.30. The molecule has 0 saturated carbocycles. The van der Waals surface area contributed by atoms with Gasteiger partial charge in [0.1, 0.15) is 6.67 Å². The van der Waals surface area contributed by atoms with Gasteiger partial charge in [-0.3, -0.25) is 0 Å². The van der Waals surface area contributed by atoms with Crippen molar-refractivity contribution in [3.05, 3.63) is 71.8 Å². The Balaban J connectivity index is 1.97. The highest BCUT2D eigenvalue weighted by atomic mass is 19.1. The highest BCUT2D eigenvalue weighted by molar-refractivity contribution is 5.17. The lowest BCUT2D eigenvalue weighted by atomic mass is 10.1. The minimum atomic E-state index is -1.24. The summed E-state index contributed by atoms with van der Waals surface area (Å²) in [6.07, 6.45) is -0.234. The van der Waals surface area contributed by atoms with E-state index in [9.17, 15) is 4.39 Å². The fraction of sp³-hybridized carbons (Fsp3) is 0.333. The van der Waals surface area contributed by atoms with Crippen LogP contribution in [0.5, 0.6) is 0 Å². The SMILES string of the molecule is CC(OC(C)(CF)OCc1ccccc1)c1ccccc1. The van der Waals surface area contributed by atoms with Crippen molar-refractivity contribution < 1.29 is 13.9 Å². The smallest absolute Gasteiger partial charge is 0.195 e. The molecule has 2 atom stereocenters. The van der Waals surface area contributed by atoms with Crippen molar-refractivity contribution in [2.45, 2.75) is 32.3 Å². The molecule has 2 nitrogen and oxygen atoms in total. The third-order valence-corrected chi connectivity index (χ3v) is 3.32. The summed E-state index contributed by atoms with van der Waals surface area (Å²) < 4.78 is 24.8. The van der Waals surface area contributed by atoms with Crippen LogP contribution in [-0.2, 0) is 16.1 Å². The van der Waals surface area contributed by atoms with Gasteiger partial charge in [0, 0.05) is 0 Å². The molecule has 0 aliphatic rings. The summed E-state index contributed by atoms with van der Waals surface area (Å²) in [7, 11) is 0. The summed E-state index contributed by atoms with van der Waals surface area (Å²) >= 11 is 0. The van der Waals surface area contributed by atoms with E-state index in [1.807, 2.05) is 67.6 Å². The Kier molecular flexibility index (Phi) is 5.48. The van der Waals surface area contributed by atoms with E-state index in [1.54, 1.807) is 6.92 Å². The van der Waals surface area contributed by atoms with Gasteiger partial charge in [-0.05, 0) is 25.0 Å². The van der Waals surface area contributed by atoms with Gasteiger partial charge in [0.05, 0.1) is 12.7 Å². The Morgan fingerprint density at radius 2 is 1.57 bits per heavy atom. The summed E-state index contributed by atoms with van der Waals surface area (Å²) in [5.41, 5.74) is 1.99. The lowest BCUT2D eigenvalue weighted by Crippen LogP contribution is -2.35. The van der Waals surface area contributed by atoms with Gasteiger partial charge in [-0.15, -0.1) is 0 Å². The average molecular weight is 288 g/mol. The van der Waals surface area contributed by atoms with Gasteiger partial charge in [0.15, 0.2) is 5.79 Å². The molecule has 0 aromatic heterocycles. The number of benzene rings is 2. The van der Waals surface area contributed by atoms with E-state index < -0.39 is 12.5 Å². The van der Waals surface area contributed by atoms with Gasteiger partial charge in [-0.25, -0.2) is 4.39 Å². The maximum absolute atomic E-state index is 13.4. The number of rotatable bonds is 7. The zero-order valence-electron chi connectivity index (χ0n) is 12.5. The van der Waals surface area contributed by atoms with E-state index >= 15 is 0 Å². The van der Waals surface area contributed by atoms with Crippen LogP contribution in [0.3, 0.4) is 0 Å². The fourth-order valence-corrected chi connectivity index (χ4v) is 2.08. The monoisotopic (exact) mass is 288 g/mol. The Bertz CT molecular complexity index is 529. The Hall–Kier alpha value is -1.71. The molecular weight excluding hydrogens is 267 g/mol. The van der Waals surface area contributed by atoms with Crippen LogP contribution in [0.25, 0.3) is 0 Å². The number of ether oxygens (including phenoxy) is 2. The lowest BCUT2D eigenvalue weighted by molar-refractivity contribution is -0.259. The topological polar surface area (TPSA) is 18.5 Å². The second kappa shape index (κ2) is 7.34. The number of halogens is 1. The average Bonchev–Trinajstić information content (AvgIpc) is 2.55. The summed E-state index contributed by atoms with van der Waals surface area (Å²) in [5.74, 6) is -1.24. The molecule has 0 radical (unpaired) electrons. The van der Waals surface area contributed by atoms with Gasteiger partial charge in [0.25, 0.3) is 0 Å². The molecule has 2 aromatic carbocycles. The van der Waals surface area contributed by atoms with E-state index in [0.717, 1.165) is 11.1 Å². The standard InChI is InChI=1S/C18H21FO2/c1-15(17-11-7-4-8-12-17)21-18(2,14-19)20-13-16-9-5-3-6-10-16/h3-12,15H,13-14H2,1-2H3. The van der Waals surface area contributed by atoms with Crippen LogP contribution >= 0.6 is 0 Å². The van der Waals surface area contributed by atoms with Gasteiger partial charge < -0.3 is 9.47 Å². The normalized spacial score (nSPS) is 15.4. The Morgan fingerprint density at radius 3 is 2.14 bits per heavy atom. The molecule has 2 unspecified atom stereocenters. The number of hydrogen-bond donors (Lipinski definition) is 0. The van der Waals surface area contributed by atoms with Gasteiger partial charge in [-0.2, -0.15) is 0 Å². The molecule has 0 heterocycles. The number of hydrogen-bond acceptors (Lipinski definition) is 2. The fourth-order valence-electron chi connectivity index (χ4n) is 2.08. The first-order valence-electron chi connectivity index (χ1n) is 7.09. The number of alkyl halides is 1. The second-order valence-electron chi connectivity index (χ2n) is 5.21. The Labute approximate surface area is 125 Å². The molecule has 21 heavy (non-hydrogen) atoms. The van der Waals surface area contributed by atoms with Crippen molar-refractivity contribution in [1.82, 2.24) is 0 Å². The van der Waals surface area contributed by atoms with E-state index in [2.05, 4.69) is 0 Å². The first kappa shape index (κ1) is 15.7. The van der Waals surface area contributed by atoms with Crippen LogP contribution in [0.4, 0.5) is 4.39 Å². The van der Waals surface area contributed by atoms with Crippen molar-refractivity contribution >= 4 is 0 Å². The molecule has 0 saturated heterocycles. The van der Waals surface area contributed by atoms with Crippen molar-refractivity contribution in [2.24, 2.45) is 0 Å². The van der Waals surface area contributed by atoms with Crippen LogP contribution in [0.1, 0.15) is 31.1 Å². The summed E-state index contributed by atoms with van der Waals surface area (Å²) in [4.78, 5) is 0. The van der Waals surface area contributed by atoms with Crippen LogP contribution in [0.2, 0.25) is 0 Å². The molecule has 0 fully saturated rings. The van der Waals surface area contributed by atoms with Crippen LogP contribution in [0.15, 0.2) is 60.7 Å². The van der Waals surface area contributed by atoms with Gasteiger partial charge >= 0.3 is 0 Å². The summed E-state index contributed by atoms with van der Waals surface area (Å²) in [6, 6.07) is 19.4. The second-order valence-corrected chi connectivity index (χ2v) is 5.21. The van der Waals surface area contributed by atoms with E-state index in [-0.39, 0.29) is 6.10 Å². The Morgan fingerprint density at radius 1 is 1.00 bits per heavy atom. The van der Waals surface area contributed by atoms with Crippen molar-refractivity contribution in [1.29, 1.82) is 0 Å². The van der Waals surface area contributed by atoms with Crippen molar-refractivity contribution in [2.75, 3.05) is 6.67 Å². The minimum Gasteiger partial charge on any atom is -0.343 e. The maximum atomic E-state index is 13.4. The molecule has 0 bridgehead atoms. The predicted molar refractivity (Wildman–Crippen MR) is 81.6 cm³/mol. The molecule has 2 rings (SSSR count). The van der Waals surface area contributed by atoms with Crippen molar-refractivity contribution in [3.63, 3.8) is 0 Å². The highest BCUT2D eigenvalue weighted by Crippen LogP contribution is 2.26. The summed E-state index contributed by atoms with van der Waals surface area (Å²) in [5, 5.41) is 0. The first-order chi connectivity index (χ1) is 10.1. The minimum absolute atomic E-state index is 0.234. The molecule has 0 amide bonds. The molecular formula is C18H21FO2. The predicted octanol–water partition coefficient (Wildman–Crippen LogP) is 4.67. The van der Waals surface area contributed by atoms with Crippen LogP contribution < -0.4 is 0 Å². The van der Waals surface area contributed by atoms with Gasteiger partial charge in [-0.1, -0.05) is 60.7 Å². The molecule has 3 heteroatoms. The van der Waals surface area contributed by atoms with Crippen molar-refractivity contribution in [3.8, 4) is 0 Å². The summed E-state index contributed by atoms with van der Waals surface area (Å²) in [6.45, 7) is 3.16. The molecule has 0 aliphatic heterocycles. The van der Waals surface area contributed by atoms with Crippen LogP contribution in [-0.4, -0.2) is 12.5 Å². The zero-order chi connectivity index (χ0) is 15.1. The first-order valence-corrected chi connectivity index (χ1v) is 7.09.